The van der Waals surface area contributed by atoms with Gasteiger partial charge in [0.15, 0.2) is 0 Å². The first-order chi connectivity index (χ1) is 13.2. The normalized spacial score (nSPS) is 11.6. The topological polar surface area (TPSA) is 21.3 Å². The Morgan fingerprint density at radius 2 is 1.74 bits per heavy atom. The van der Waals surface area contributed by atoms with Gasteiger partial charge in [0, 0.05) is 6.54 Å². The van der Waals surface area contributed by atoms with Gasteiger partial charge in [0.25, 0.3) is 0 Å². The van der Waals surface area contributed by atoms with Crippen LogP contribution in [0, 0.1) is 0 Å². The lowest BCUT2D eigenvalue weighted by Gasteiger charge is -2.22. The van der Waals surface area contributed by atoms with Crippen LogP contribution >= 0.6 is 0 Å². The summed E-state index contributed by atoms with van der Waals surface area (Å²) in [5.74, 6) is 0.771. The molecule has 0 saturated carbocycles. The zero-order valence-electron chi connectivity index (χ0n) is 18.4. The molecule has 0 aliphatic carbocycles. The van der Waals surface area contributed by atoms with Gasteiger partial charge in [-0.3, -0.25) is 0 Å². The predicted molar refractivity (Wildman–Crippen MR) is 123 cm³/mol. The third-order valence-corrected chi connectivity index (χ3v) is 3.27. The summed E-state index contributed by atoms with van der Waals surface area (Å²) in [5.41, 5.74) is 2.29. The first-order valence-electron chi connectivity index (χ1n) is 10.2. The highest BCUT2D eigenvalue weighted by molar-refractivity contribution is 5.42. The van der Waals surface area contributed by atoms with Crippen LogP contribution in [0.5, 0.6) is 0 Å². The number of likely N-dealkylation sites (N-methyl/N-ethyl adjacent to an activating group) is 1. The van der Waals surface area contributed by atoms with Crippen molar-refractivity contribution >= 4 is 0 Å². The predicted octanol–water partition coefficient (Wildman–Crippen LogP) is 7.04. The minimum Gasteiger partial charge on any atom is -0.496 e. The molecule has 1 unspecified atom stereocenters. The summed E-state index contributed by atoms with van der Waals surface area (Å²) in [6, 6.07) is 10.3. The van der Waals surface area contributed by atoms with E-state index in [1.807, 2.05) is 51.1 Å². The first-order valence-corrected chi connectivity index (χ1v) is 10.2. The molecule has 152 valence electrons. The van der Waals surface area contributed by atoms with E-state index in [0.29, 0.717) is 6.61 Å². The Balaban J connectivity index is 0. The number of allylic oxidation sites excluding steroid dienone is 5. The van der Waals surface area contributed by atoms with Gasteiger partial charge in [0.2, 0.25) is 0 Å². The van der Waals surface area contributed by atoms with Crippen molar-refractivity contribution in [2.75, 3.05) is 19.7 Å². The van der Waals surface area contributed by atoms with Crippen molar-refractivity contribution < 1.29 is 4.74 Å². The maximum Gasteiger partial charge on any atom is 0.101 e. The standard InChI is InChI=1S/C20H27NO.C3H8.C2H6/c1-5-11-18(12-6-2)20(19-13-9-8-10-14-19)17(4)22-16-15-21-7-3;1-3-2;1-2/h5-6,8-14,20-21H,1,4,7,15-16H2,2-3H3;3H2,1-2H3;1-2H3/b12-6-,18-11+;;. The van der Waals surface area contributed by atoms with Gasteiger partial charge in [-0.2, -0.15) is 0 Å². The molecule has 0 saturated heterocycles. The van der Waals surface area contributed by atoms with E-state index in [9.17, 15) is 0 Å². The zero-order chi connectivity index (χ0) is 20.9. The molecule has 1 N–H and O–H groups in total. The molecule has 2 heteroatoms. The lowest BCUT2D eigenvalue weighted by molar-refractivity contribution is 0.201. The van der Waals surface area contributed by atoms with Crippen molar-refractivity contribution in [2.24, 2.45) is 0 Å². The van der Waals surface area contributed by atoms with Crippen LogP contribution in [0.15, 0.2) is 79.1 Å². The van der Waals surface area contributed by atoms with E-state index in [4.69, 9.17) is 4.74 Å². The highest BCUT2D eigenvalue weighted by Crippen LogP contribution is 2.32. The third-order valence-electron chi connectivity index (χ3n) is 3.27. The van der Waals surface area contributed by atoms with Crippen molar-refractivity contribution in [1.82, 2.24) is 5.32 Å². The van der Waals surface area contributed by atoms with E-state index in [0.717, 1.165) is 24.4 Å². The van der Waals surface area contributed by atoms with Crippen LogP contribution < -0.4 is 5.32 Å². The van der Waals surface area contributed by atoms with Crippen molar-refractivity contribution in [3.8, 4) is 0 Å². The number of ether oxygens (including phenoxy) is 1. The smallest absolute Gasteiger partial charge is 0.101 e. The van der Waals surface area contributed by atoms with E-state index in [2.05, 4.69) is 57.5 Å². The summed E-state index contributed by atoms with van der Waals surface area (Å²) in [6.45, 7) is 22.7. The molecule has 0 aliphatic rings. The van der Waals surface area contributed by atoms with Crippen LogP contribution in [-0.4, -0.2) is 19.7 Å². The van der Waals surface area contributed by atoms with Crippen LogP contribution in [0.25, 0.3) is 0 Å². The maximum atomic E-state index is 5.87. The second-order valence-corrected chi connectivity index (χ2v) is 5.62. The van der Waals surface area contributed by atoms with Crippen molar-refractivity contribution in [1.29, 1.82) is 0 Å². The van der Waals surface area contributed by atoms with Crippen molar-refractivity contribution in [3.05, 3.63) is 84.7 Å². The van der Waals surface area contributed by atoms with E-state index in [-0.39, 0.29) is 5.92 Å². The fraction of sp³-hybridized carbons (Fsp3) is 0.440. The highest BCUT2D eigenvalue weighted by Gasteiger charge is 2.19. The molecule has 1 rings (SSSR count). The third kappa shape index (κ3) is 12.9. The highest BCUT2D eigenvalue weighted by atomic mass is 16.5. The Kier molecular flexibility index (Phi) is 20.4. The van der Waals surface area contributed by atoms with E-state index in [1.54, 1.807) is 6.08 Å². The first kappa shape index (κ1) is 27.2. The number of benzene rings is 1. The minimum atomic E-state index is 0.0111. The van der Waals surface area contributed by atoms with Crippen LogP contribution in [0.3, 0.4) is 0 Å². The lowest BCUT2D eigenvalue weighted by Crippen LogP contribution is -2.20. The maximum absolute atomic E-state index is 5.87. The monoisotopic (exact) mass is 371 g/mol. The summed E-state index contributed by atoms with van der Waals surface area (Å²) in [6.07, 6.45) is 9.17. The summed E-state index contributed by atoms with van der Waals surface area (Å²) in [7, 11) is 0. The zero-order valence-corrected chi connectivity index (χ0v) is 18.4. The molecule has 1 aromatic rings. The summed E-state index contributed by atoms with van der Waals surface area (Å²) < 4.78 is 5.87. The van der Waals surface area contributed by atoms with Crippen molar-refractivity contribution in [3.63, 3.8) is 0 Å². The molecule has 0 amide bonds. The van der Waals surface area contributed by atoms with Crippen LogP contribution in [0.4, 0.5) is 0 Å². The average molecular weight is 372 g/mol. The van der Waals surface area contributed by atoms with Crippen LogP contribution in [-0.2, 0) is 4.74 Å². The Hall–Kier alpha value is -2.06. The molecule has 0 fully saturated rings. The Labute approximate surface area is 168 Å². The molecule has 27 heavy (non-hydrogen) atoms. The fourth-order valence-corrected chi connectivity index (χ4v) is 2.30. The molecule has 1 atom stereocenters. The Morgan fingerprint density at radius 3 is 2.22 bits per heavy atom. The molecule has 0 radical (unpaired) electrons. The quantitative estimate of drug-likeness (QED) is 0.270. The Morgan fingerprint density at radius 1 is 1.15 bits per heavy atom. The molecule has 0 aromatic heterocycles. The lowest BCUT2D eigenvalue weighted by atomic mass is 9.89. The average Bonchev–Trinajstić information content (AvgIpc) is 2.69. The Bertz CT molecular complexity index is 529. The van der Waals surface area contributed by atoms with Gasteiger partial charge in [-0.1, -0.05) is 109 Å². The minimum absolute atomic E-state index is 0.0111. The number of hydrogen-bond acceptors (Lipinski definition) is 2. The fourth-order valence-electron chi connectivity index (χ4n) is 2.30. The van der Waals surface area contributed by atoms with Gasteiger partial charge in [-0.05, 0) is 24.6 Å². The van der Waals surface area contributed by atoms with E-state index in [1.165, 1.54) is 12.0 Å². The summed E-state index contributed by atoms with van der Waals surface area (Å²) in [5, 5.41) is 3.25. The number of rotatable bonds is 10. The van der Waals surface area contributed by atoms with Gasteiger partial charge in [-0.15, -0.1) is 0 Å². The SMILES string of the molecule is C=C/C=C(\C=C/C)C(C(=C)OCCNCC)c1ccccc1.CC.CCC. The number of nitrogens with one attached hydrogen (secondary N) is 1. The molecule has 0 spiro atoms. The van der Waals surface area contributed by atoms with Crippen LogP contribution in [0.1, 0.15) is 59.4 Å². The van der Waals surface area contributed by atoms with E-state index < -0.39 is 0 Å². The summed E-state index contributed by atoms with van der Waals surface area (Å²) in [4.78, 5) is 0. The van der Waals surface area contributed by atoms with E-state index >= 15 is 0 Å². The summed E-state index contributed by atoms with van der Waals surface area (Å²) >= 11 is 0. The van der Waals surface area contributed by atoms with Gasteiger partial charge < -0.3 is 10.1 Å². The molecule has 0 bridgehead atoms. The van der Waals surface area contributed by atoms with Gasteiger partial charge in [0.1, 0.15) is 12.4 Å². The molecular formula is C25H41NO. The van der Waals surface area contributed by atoms with Crippen molar-refractivity contribution in [2.45, 2.75) is 53.9 Å². The second-order valence-electron chi connectivity index (χ2n) is 5.62. The van der Waals surface area contributed by atoms with Gasteiger partial charge in [0.05, 0.1) is 5.92 Å². The van der Waals surface area contributed by atoms with Gasteiger partial charge >= 0.3 is 0 Å². The molecule has 1 aromatic carbocycles. The largest absolute Gasteiger partial charge is 0.496 e. The van der Waals surface area contributed by atoms with Gasteiger partial charge in [-0.25, -0.2) is 0 Å². The number of hydrogen-bond donors (Lipinski definition) is 1. The van der Waals surface area contributed by atoms with Crippen LogP contribution in [0.2, 0.25) is 0 Å². The molecule has 2 nitrogen and oxygen atoms in total. The molecule has 0 aliphatic heterocycles. The second kappa shape index (κ2) is 20.3. The molecular weight excluding hydrogens is 330 g/mol. The molecule has 0 heterocycles.